The van der Waals surface area contributed by atoms with Crippen molar-refractivity contribution in [3.05, 3.63) is 70.6 Å². The van der Waals surface area contributed by atoms with Gasteiger partial charge >= 0.3 is 0 Å². The molecule has 0 aliphatic carbocycles. The summed E-state index contributed by atoms with van der Waals surface area (Å²) in [6.07, 6.45) is 3.42. The highest BCUT2D eigenvalue weighted by Crippen LogP contribution is 2.23. The molecule has 2 heterocycles. The first-order valence-electron chi connectivity index (χ1n) is 9.39. The molecule has 0 atom stereocenters. The van der Waals surface area contributed by atoms with Crippen LogP contribution in [-0.2, 0) is 4.74 Å². The molecule has 0 amide bonds. The Morgan fingerprint density at radius 3 is 2.63 bits per heavy atom. The Hall–Kier alpha value is -3.36. The molecule has 0 N–H and O–H groups in total. The number of ether oxygens (including phenoxy) is 2. The first-order chi connectivity index (χ1) is 14.8. The summed E-state index contributed by atoms with van der Waals surface area (Å²) in [6.45, 7) is 1.11. The van der Waals surface area contributed by atoms with E-state index in [1.54, 1.807) is 26.6 Å². The predicted octanol–water partition coefficient (Wildman–Crippen LogP) is 3.60. The van der Waals surface area contributed by atoms with Gasteiger partial charge in [-0.05, 0) is 36.4 Å². The Bertz CT molecular complexity index is 1230. The van der Waals surface area contributed by atoms with E-state index in [2.05, 4.69) is 20.1 Å². The highest BCUT2D eigenvalue weighted by atomic mass is 32.1. The van der Waals surface area contributed by atoms with Crippen LogP contribution in [0.2, 0.25) is 0 Å². The fraction of sp³-hybridized carbons (Fsp3) is 0.182. The highest BCUT2D eigenvalue weighted by Gasteiger charge is 2.08. The maximum atomic E-state index is 5.27. The van der Waals surface area contributed by atoms with Gasteiger partial charge in [0, 0.05) is 18.1 Å². The average molecular weight is 420 g/mol. The van der Waals surface area contributed by atoms with Crippen molar-refractivity contribution < 1.29 is 9.47 Å². The Morgan fingerprint density at radius 1 is 1.07 bits per heavy atom. The molecule has 4 rings (SSSR count). The van der Waals surface area contributed by atoms with E-state index in [1.807, 2.05) is 58.6 Å². The summed E-state index contributed by atoms with van der Waals surface area (Å²) in [6, 6.07) is 15.6. The molecule has 7 nitrogen and oxygen atoms in total. The number of benzene rings is 2. The van der Waals surface area contributed by atoms with Crippen LogP contribution in [-0.4, -0.2) is 48.2 Å². The molecule has 30 heavy (non-hydrogen) atoms. The van der Waals surface area contributed by atoms with E-state index in [0.29, 0.717) is 18.8 Å². The molecule has 0 saturated carbocycles. The van der Waals surface area contributed by atoms with Gasteiger partial charge in [-0.1, -0.05) is 12.1 Å². The largest absolute Gasteiger partial charge is 0.497 e. The van der Waals surface area contributed by atoms with Crippen molar-refractivity contribution >= 4 is 28.6 Å². The molecule has 4 aromatic rings. The Balaban J connectivity index is 1.73. The van der Waals surface area contributed by atoms with Gasteiger partial charge < -0.3 is 9.47 Å². The fourth-order valence-corrected chi connectivity index (χ4v) is 3.73. The molecule has 0 bridgehead atoms. The molecule has 2 aromatic heterocycles. The van der Waals surface area contributed by atoms with Crippen LogP contribution in [0.3, 0.4) is 0 Å². The summed E-state index contributed by atoms with van der Waals surface area (Å²) in [4.78, 5) is 14.5. The zero-order valence-corrected chi connectivity index (χ0v) is 17.5. The molecular weight excluding hydrogens is 398 g/mol. The van der Waals surface area contributed by atoms with Crippen LogP contribution in [0.4, 0.5) is 0 Å². The zero-order valence-electron chi connectivity index (χ0n) is 16.7. The van der Waals surface area contributed by atoms with Crippen LogP contribution < -0.4 is 9.54 Å². The molecule has 0 saturated heterocycles. The van der Waals surface area contributed by atoms with Gasteiger partial charge in [0.05, 0.1) is 49.4 Å². The van der Waals surface area contributed by atoms with Crippen molar-refractivity contribution in [2.75, 3.05) is 27.4 Å². The predicted molar refractivity (Wildman–Crippen MR) is 119 cm³/mol. The maximum absolute atomic E-state index is 5.27. The first-order valence-corrected chi connectivity index (χ1v) is 10.3. The van der Waals surface area contributed by atoms with E-state index in [-0.39, 0.29) is 0 Å². The number of hydrogen-bond donors (Lipinski definition) is 0. The molecule has 8 heteroatoms. The van der Waals surface area contributed by atoms with Crippen molar-refractivity contribution in [2.45, 2.75) is 0 Å². The van der Waals surface area contributed by atoms with Crippen LogP contribution in [0.15, 0.2) is 70.2 Å². The van der Waals surface area contributed by atoms with Crippen molar-refractivity contribution in [3.8, 4) is 17.0 Å². The van der Waals surface area contributed by atoms with Crippen molar-refractivity contribution in [1.29, 1.82) is 0 Å². The molecular formula is C22H21N5O2S. The lowest BCUT2D eigenvalue weighted by atomic mass is 10.2. The number of rotatable bonds is 7. The summed E-state index contributed by atoms with van der Waals surface area (Å²) >= 11 is 1.53. The molecule has 0 fully saturated rings. The first kappa shape index (κ1) is 19.9. The molecule has 152 valence electrons. The number of methoxy groups -OCH3 is 2. The van der Waals surface area contributed by atoms with E-state index in [4.69, 9.17) is 9.47 Å². The summed E-state index contributed by atoms with van der Waals surface area (Å²) in [5, 5.41) is 6.71. The number of para-hydroxylation sites is 2. The van der Waals surface area contributed by atoms with Crippen LogP contribution in [0.25, 0.3) is 22.3 Å². The third kappa shape index (κ3) is 4.45. The summed E-state index contributed by atoms with van der Waals surface area (Å²) < 4.78 is 12.2. The lowest BCUT2D eigenvalue weighted by Crippen LogP contribution is -2.14. The minimum absolute atomic E-state index is 0.551. The Kier molecular flexibility index (Phi) is 6.26. The van der Waals surface area contributed by atoms with Crippen LogP contribution in [0, 0.1) is 0 Å². The van der Waals surface area contributed by atoms with Gasteiger partial charge in [0.2, 0.25) is 4.80 Å². The number of hydrogen-bond acceptors (Lipinski definition) is 7. The number of thiazole rings is 1. The molecule has 0 aliphatic rings. The summed E-state index contributed by atoms with van der Waals surface area (Å²) in [5.41, 5.74) is 4.31. The van der Waals surface area contributed by atoms with E-state index in [1.165, 1.54) is 11.3 Å². The van der Waals surface area contributed by atoms with E-state index < -0.39 is 0 Å². The third-order valence-electron chi connectivity index (χ3n) is 4.39. The molecule has 0 aliphatic heterocycles. The van der Waals surface area contributed by atoms with Crippen LogP contribution in [0.5, 0.6) is 5.75 Å². The molecule has 0 radical (unpaired) electrons. The van der Waals surface area contributed by atoms with Gasteiger partial charge in [0.25, 0.3) is 0 Å². The molecule has 2 aromatic carbocycles. The standard InChI is InChI=1S/C22H21N5O2S/c1-28-12-11-23-22-27(21(15-30-22)16-7-9-18(29-2)10-8-16)25-14-17-13-24-19-5-3-4-6-20(19)26-17/h3-10,13-15H,11-12H2,1-2H3/b23-22?,25-14-. The minimum atomic E-state index is 0.551. The van der Waals surface area contributed by atoms with Crippen LogP contribution >= 0.6 is 11.3 Å². The highest BCUT2D eigenvalue weighted by molar-refractivity contribution is 7.07. The number of fused-ring (bicyclic) bond motifs is 1. The van der Waals surface area contributed by atoms with Gasteiger partial charge in [-0.3, -0.25) is 9.98 Å². The summed E-state index contributed by atoms with van der Waals surface area (Å²) in [7, 11) is 3.32. The van der Waals surface area contributed by atoms with Crippen molar-refractivity contribution in [1.82, 2.24) is 14.6 Å². The van der Waals surface area contributed by atoms with E-state index >= 15 is 0 Å². The molecule has 0 unspecified atom stereocenters. The zero-order chi connectivity index (χ0) is 20.8. The second-order valence-electron chi connectivity index (χ2n) is 6.35. The van der Waals surface area contributed by atoms with Gasteiger partial charge in [0.15, 0.2) is 0 Å². The van der Waals surface area contributed by atoms with Crippen molar-refractivity contribution in [2.24, 2.45) is 10.1 Å². The Morgan fingerprint density at radius 2 is 1.87 bits per heavy atom. The molecule has 0 spiro atoms. The summed E-state index contributed by atoms with van der Waals surface area (Å²) in [5.74, 6) is 0.806. The van der Waals surface area contributed by atoms with Gasteiger partial charge in [-0.25, -0.2) is 9.66 Å². The SMILES string of the molecule is COCCN=c1scc(-c2ccc(OC)cc2)n1/N=C\c1cnc2ccccc2n1. The second kappa shape index (κ2) is 9.43. The number of nitrogens with zero attached hydrogens (tertiary/aromatic N) is 5. The van der Waals surface area contributed by atoms with E-state index in [9.17, 15) is 0 Å². The van der Waals surface area contributed by atoms with Gasteiger partial charge in [-0.15, -0.1) is 11.3 Å². The number of aromatic nitrogens is 3. The fourth-order valence-electron chi connectivity index (χ4n) is 2.86. The monoisotopic (exact) mass is 419 g/mol. The average Bonchev–Trinajstić information content (AvgIpc) is 3.20. The minimum Gasteiger partial charge on any atom is -0.497 e. The lowest BCUT2D eigenvalue weighted by molar-refractivity contribution is 0.207. The van der Waals surface area contributed by atoms with E-state index in [0.717, 1.165) is 32.8 Å². The maximum Gasteiger partial charge on any atom is 0.206 e. The third-order valence-corrected chi connectivity index (χ3v) is 5.24. The second-order valence-corrected chi connectivity index (χ2v) is 7.18. The quantitative estimate of drug-likeness (QED) is 0.339. The lowest BCUT2D eigenvalue weighted by Gasteiger charge is -2.05. The van der Waals surface area contributed by atoms with Gasteiger partial charge in [0.1, 0.15) is 11.4 Å². The smallest absolute Gasteiger partial charge is 0.206 e. The topological polar surface area (TPSA) is 73.9 Å². The van der Waals surface area contributed by atoms with Crippen LogP contribution in [0.1, 0.15) is 5.69 Å². The van der Waals surface area contributed by atoms with Gasteiger partial charge in [-0.2, -0.15) is 5.10 Å². The normalized spacial score (nSPS) is 12.1. The Labute approximate surface area is 178 Å². The van der Waals surface area contributed by atoms with Crippen molar-refractivity contribution in [3.63, 3.8) is 0 Å².